The summed E-state index contributed by atoms with van der Waals surface area (Å²) in [7, 11) is 0. The van der Waals surface area contributed by atoms with Crippen LogP contribution in [0.5, 0.6) is 0 Å². The van der Waals surface area contributed by atoms with Crippen LogP contribution in [0.25, 0.3) is 0 Å². The first-order valence-electron chi connectivity index (χ1n) is 5.99. The fraction of sp³-hybridized carbons (Fsp3) is 0.909. The van der Waals surface area contributed by atoms with E-state index in [4.69, 9.17) is 5.73 Å². The summed E-state index contributed by atoms with van der Waals surface area (Å²) in [6.45, 7) is 1.93. The highest BCUT2D eigenvalue weighted by Gasteiger charge is 2.44. The summed E-state index contributed by atoms with van der Waals surface area (Å²) in [6, 6.07) is -0.236. The smallest absolute Gasteiger partial charge is 0.332 e. The molecular formula is C11H19F3N2O. The Bertz CT molecular complexity index is 260. The summed E-state index contributed by atoms with van der Waals surface area (Å²) >= 11 is 0. The lowest BCUT2D eigenvalue weighted by atomic mass is 9.90. The van der Waals surface area contributed by atoms with E-state index in [1.807, 2.05) is 0 Å². The van der Waals surface area contributed by atoms with Crippen molar-refractivity contribution in [2.45, 2.75) is 57.3 Å². The third-order valence-electron chi connectivity index (χ3n) is 3.15. The molecule has 0 aliphatic heterocycles. The number of hydrogen-bond acceptors (Lipinski definition) is 2. The van der Waals surface area contributed by atoms with Crippen LogP contribution in [0.4, 0.5) is 13.2 Å². The van der Waals surface area contributed by atoms with Crippen molar-refractivity contribution in [3.8, 4) is 0 Å². The molecule has 0 spiro atoms. The molecule has 100 valence electrons. The third kappa shape index (κ3) is 3.87. The highest BCUT2D eigenvalue weighted by atomic mass is 19.4. The third-order valence-corrected chi connectivity index (χ3v) is 3.15. The zero-order chi connectivity index (χ0) is 13.1. The number of halogens is 3. The first-order chi connectivity index (χ1) is 7.86. The fourth-order valence-electron chi connectivity index (χ4n) is 2.27. The second-order valence-electron chi connectivity index (χ2n) is 4.56. The summed E-state index contributed by atoms with van der Waals surface area (Å²) in [4.78, 5) is 12.3. The number of hydrogen-bond donors (Lipinski definition) is 1. The molecule has 6 heteroatoms. The van der Waals surface area contributed by atoms with Gasteiger partial charge in [0.05, 0.1) is 0 Å². The number of nitrogens with two attached hydrogens (primary N) is 1. The zero-order valence-corrected chi connectivity index (χ0v) is 9.96. The van der Waals surface area contributed by atoms with E-state index in [9.17, 15) is 18.0 Å². The molecule has 0 heterocycles. The van der Waals surface area contributed by atoms with Crippen LogP contribution in [0.2, 0.25) is 0 Å². The van der Waals surface area contributed by atoms with E-state index in [1.165, 1.54) is 0 Å². The molecule has 3 nitrogen and oxygen atoms in total. The number of nitrogens with zero attached hydrogens (tertiary/aromatic N) is 1. The van der Waals surface area contributed by atoms with Crippen LogP contribution in [0.1, 0.15) is 39.0 Å². The van der Waals surface area contributed by atoms with Gasteiger partial charge in [0.25, 0.3) is 0 Å². The molecule has 2 N–H and O–H groups in total. The first-order valence-corrected chi connectivity index (χ1v) is 5.99. The second kappa shape index (κ2) is 5.71. The van der Waals surface area contributed by atoms with Crippen molar-refractivity contribution in [2.75, 3.05) is 6.54 Å². The normalized spacial score (nSPS) is 25.7. The minimum Gasteiger partial charge on any atom is -0.332 e. The lowest BCUT2D eigenvalue weighted by molar-refractivity contribution is -0.188. The van der Waals surface area contributed by atoms with Gasteiger partial charge >= 0.3 is 12.1 Å². The van der Waals surface area contributed by atoms with Crippen molar-refractivity contribution in [2.24, 2.45) is 5.73 Å². The second-order valence-corrected chi connectivity index (χ2v) is 4.56. The Morgan fingerprint density at radius 3 is 2.24 bits per heavy atom. The molecule has 0 atom stereocenters. The molecule has 1 aliphatic rings. The number of carbonyl (C=O) groups excluding carboxylic acids is 1. The largest absolute Gasteiger partial charge is 0.471 e. The van der Waals surface area contributed by atoms with Crippen LogP contribution in [0, 0.1) is 0 Å². The van der Waals surface area contributed by atoms with E-state index in [1.54, 1.807) is 6.92 Å². The van der Waals surface area contributed by atoms with Crippen molar-refractivity contribution < 1.29 is 18.0 Å². The summed E-state index contributed by atoms with van der Waals surface area (Å²) < 4.78 is 37.3. The summed E-state index contributed by atoms with van der Waals surface area (Å²) in [6.07, 6.45) is -1.71. The van der Waals surface area contributed by atoms with Gasteiger partial charge in [-0.15, -0.1) is 0 Å². The minimum absolute atomic E-state index is 0.0655. The molecule has 0 radical (unpaired) electrons. The van der Waals surface area contributed by atoms with Gasteiger partial charge < -0.3 is 10.6 Å². The van der Waals surface area contributed by atoms with E-state index in [0.29, 0.717) is 32.1 Å². The van der Waals surface area contributed by atoms with E-state index < -0.39 is 12.1 Å². The highest BCUT2D eigenvalue weighted by Crippen LogP contribution is 2.27. The van der Waals surface area contributed by atoms with Crippen molar-refractivity contribution in [1.29, 1.82) is 0 Å². The van der Waals surface area contributed by atoms with Crippen LogP contribution in [0.3, 0.4) is 0 Å². The molecule has 1 amide bonds. The maximum absolute atomic E-state index is 12.4. The van der Waals surface area contributed by atoms with E-state index in [-0.39, 0.29) is 18.6 Å². The Kier molecular flexibility index (Phi) is 4.80. The summed E-state index contributed by atoms with van der Waals surface area (Å²) in [5, 5.41) is 0. The lowest BCUT2D eigenvalue weighted by Gasteiger charge is -2.36. The van der Waals surface area contributed by atoms with Gasteiger partial charge in [0.15, 0.2) is 0 Å². The van der Waals surface area contributed by atoms with Crippen molar-refractivity contribution in [3.63, 3.8) is 0 Å². The molecule has 0 bridgehead atoms. The molecular weight excluding hydrogens is 233 g/mol. The molecule has 0 aromatic rings. The van der Waals surface area contributed by atoms with Gasteiger partial charge in [0.2, 0.25) is 0 Å². The number of amides is 1. The van der Waals surface area contributed by atoms with Gasteiger partial charge in [-0.05, 0) is 32.1 Å². The molecule has 1 rings (SSSR count). The Hall–Kier alpha value is -0.780. The van der Waals surface area contributed by atoms with Crippen LogP contribution >= 0.6 is 0 Å². The van der Waals surface area contributed by atoms with Crippen LogP contribution in [0.15, 0.2) is 0 Å². The summed E-state index contributed by atoms with van der Waals surface area (Å²) in [5.74, 6) is -1.71. The van der Waals surface area contributed by atoms with Crippen LogP contribution in [-0.4, -0.2) is 35.6 Å². The molecule has 1 fully saturated rings. The van der Waals surface area contributed by atoms with E-state index in [0.717, 1.165) is 4.90 Å². The molecule has 0 aromatic heterocycles. The van der Waals surface area contributed by atoms with Gasteiger partial charge in [0, 0.05) is 18.6 Å². The van der Waals surface area contributed by atoms with Crippen molar-refractivity contribution >= 4 is 5.91 Å². The van der Waals surface area contributed by atoms with Gasteiger partial charge in [-0.3, -0.25) is 4.79 Å². The fourth-order valence-corrected chi connectivity index (χ4v) is 2.27. The number of alkyl halides is 3. The van der Waals surface area contributed by atoms with E-state index >= 15 is 0 Å². The Morgan fingerprint density at radius 2 is 1.82 bits per heavy atom. The maximum atomic E-state index is 12.4. The van der Waals surface area contributed by atoms with Crippen molar-refractivity contribution in [3.05, 3.63) is 0 Å². The minimum atomic E-state index is -4.77. The monoisotopic (exact) mass is 252 g/mol. The summed E-state index contributed by atoms with van der Waals surface area (Å²) in [5.41, 5.74) is 5.71. The van der Waals surface area contributed by atoms with Crippen LogP contribution in [-0.2, 0) is 4.79 Å². The van der Waals surface area contributed by atoms with Gasteiger partial charge in [0.1, 0.15) is 0 Å². The number of carbonyl (C=O) groups is 1. The molecule has 0 unspecified atom stereocenters. The number of rotatable bonds is 3. The molecule has 1 aliphatic carbocycles. The van der Waals surface area contributed by atoms with Gasteiger partial charge in [-0.25, -0.2) is 0 Å². The first kappa shape index (κ1) is 14.3. The van der Waals surface area contributed by atoms with E-state index in [2.05, 4.69) is 0 Å². The maximum Gasteiger partial charge on any atom is 0.471 e. The quantitative estimate of drug-likeness (QED) is 0.835. The topological polar surface area (TPSA) is 46.3 Å². The predicted octanol–water partition coefficient (Wildman–Crippen LogP) is 2.06. The Labute approximate surface area is 99.1 Å². The average molecular weight is 252 g/mol. The van der Waals surface area contributed by atoms with Gasteiger partial charge in [-0.2, -0.15) is 13.2 Å². The van der Waals surface area contributed by atoms with Crippen molar-refractivity contribution in [1.82, 2.24) is 4.90 Å². The van der Waals surface area contributed by atoms with Gasteiger partial charge in [-0.1, -0.05) is 6.92 Å². The Balaban J connectivity index is 2.68. The molecule has 0 aromatic carbocycles. The molecule has 1 saturated carbocycles. The zero-order valence-electron chi connectivity index (χ0n) is 9.96. The van der Waals surface area contributed by atoms with Crippen LogP contribution < -0.4 is 5.73 Å². The standard InChI is InChI=1S/C11H19F3N2O/c1-2-7-16(10(17)11(12,13)14)9-5-3-8(15)4-6-9/h8-9H,2-7,15H2,1H3. The molecule has 0 saturated heterocycles. The average Bonchev–Trinajstić information content (AvgIpc) is 2.25. The predicted molar refractivity (Wildman–Crippen MR) is 58.3 cm³/mol. The highest BCUT2D eigenvalue weighted by molar-refractivity contribution is 5.82. The SMILES string of the molecule is CCCN(C(=O)C(F)(F)F)C1CCC(N)CC1. The lowest BCUT2D eigenvalue weighted by Crippen LogP contribution is -2.49. The Morgan fingerprint density at radius 1 is 1.29 bits per heavy atom. The molecule has 17 heavy (non-hydrogen) atoms.